The molecule has 0 heterocycles. The zero-order valence-electron chi connectivity index (χ0n) is 17.5. The van der Waals surface area contributed by atoms with Crippen molar-refractivity contribution in [2.24, 2.45) is 0 Å². The van der Waals surface area contributed by atoms with Crippen LogP contribution in [0, 0.1) is 10.1 Å². The Bertz CT molecular complexity index is 1210. The molecule has 0 aliphatic heterocycles. The summed E-state index contributed by atoms with van der Waals surface area (Å²) in [6.45, 7) is 0. The highest BCUT2D eigenvalue weighted by atomic mass is 31.2. The lowest BCUT2D eigenvalue weighted by Gasteiger charge is -2.29. The maximum absolute atomic E-state index is 14.4. The van der Waals surface area contributed by atoms with Crippen LogP contribution < -0.4 is 14.4 Å². The van der Waals surface area contributed by atoms with E-state index in [2.05, 4.69) is 5.32 Å². The first kappa shape index (κ1) is 22.1. The first-order valence-electron chi connectivity index (χ1n) is 10.2. The Balaban J connectivity index is 1.79. The van der Waals surface area contributed by atoms with Crippen LogP contribution in [0.5, 0.6) is 11.5 Å². The molecule has 1 atom stereocenters. The number of hydrogen-bond donors (Lipinski definition) is 1. The lowest BCUT2D eigenvalue weighted by atomic mass is 10.2. The molecule has 4 aromatic carbocycles. The summed E-state index contributed by atoms with van der Waals surface area (Å²) in [4.78, 5) is 10.8. The largest absolute Gasteiger partial charge is 0.457 e. The molecule has 1 N–H and O–H groups in total. The van der Waals surface area contributed by atoms with Crippen molar-refractivity contribution in [1.82, 2.24) is 0 Å². The Morgan fingerprint density at radius 2 is 1.24 bits per heavy atom. The van der Waals surface area contributed by atoms with Gasteiger partial charge in [0.25, 0.3) is 5.69 Å². The van der Waals surface area contributed by atoms with Gasteiger partial charge in [0, 0.05) is 17.8 Å². The molecule has 8 heteroatoms. The first-order chi connectivity index (χ1) is 16.0. The Morgan fingerprint density at radius 3 is 1.76 bits per heavy atom. The average Bonchev–Trinajstić information content (AvgIpc) is 2.84. The summed E-state index contributed by atoms with van der Waals surface area (Å²) in [5.74, 6) is -0.210. The van der Waals surface area contributed by atoms with Crippen molar-refractivity contribution >= 4 is 19.0 Å². The van der Waals surface area contributed by atoms with Gasteiger partial charge in [0.15, 0.2) is 5.78 Å². The normalized spacial score (nSPS) is 11.9. The Labute approximate surface area is 191 Å². The first-order valence-corrected chi connectivity index (χ1v) is 11.8. The molecule has 0 saturated heterocycles. The number of nitrogens with one attached hydrogen (secondary N) is 1. The smallest absolute Gasteiger partial charge is 0.414 e. The number of nitro benzene ring substituents is 1. The molecule has 0 aliphatic carbocycles. The van der Waals surface area contributed by atoms with Gasteiger partial charge >= 0.3 is 7.60 Å². The van der Waals surface area contributed by atoms with Gasteiger partial charge in [0.1, 0.15) is 11.5 Å². The van der Waals surface area contributed by atoms with E-state index in [4.69, 9.17) is 9.05 Å². The number of nitro groups is 1. The number of anilines is 1. The van der Waals surface area contributed by atoms with Crippen molar-refractivity contribution < 1.29 is 18.5 Å². The SMILES string of the molecule is O=[N+]([O-])c1cccc(N[C@H](c2ccccc2)P(=O)(Oc2ccccc2)Oc2ccccc2)c1. The van der Waals surface area contributed by atoms with Crippen LogP contribution in [0.4, 0.5) is 11.4 Å². The number of rotatable bonds is 9. The molecule has 7 nitrogen and oxygen atoms in total. The Morgan fingerprint density at radius 1 is 0.727 bits per heavy atom. The number of para-hydroxylation sites is 2. The fourth-order valence-corrected chi connectivity index (χ4v) is 5.15. The van der Waals surface area contributed by atoms with Gasteiger partial charge in [-0.1, -0.05) is 72.8 Å². The maximum atomic E-state index is 14.4. The minimum absolute atomic E-state index is 0.0883. The highest BCUT2D eigenvalue weighted by Gasteiger charge is 2.41. The molecule has 0 bridgehead atoms. The summed E-state index contributed by atoms with van der Waals surface area (Å²) in [6, 6.07) is 32.6. The molecule has 0 aromatic heterocycles. The molecular formula is C25H21N2O5P. The Hall–Kier alpha value is -4.09. The van der Waals surface area contributed by atoms with Crippen LogP contribution in [0.15, 0.2) is 115 Å². The van der Waals surface area contributed by atoms with Crippen LogP contribution in [-0.4, -0.2) is 4.92 Å². The summed E-state index contributed by atoms with van der Waals surface area (Å²) in [7, 11) is -3.98. The van der Waals surface area contributed by atoms with Crippen LogP contribution in [0.1, 0.15) is 11.3 Å². The van der Waals surface area contributed by atoms with E-state index in [0.717, 1.165) is 0 Å². The van der Waals surface area contributed by atoms with Crippen molar-refractivity contribution in [3.05, 3.63) is 131 Å². The lowest BCUT2D eigenvalue weighted by Crippen LogP contribution is -2.18. The van der Waals surface area contributed by atoms with Gasteiger partial charge in [-0.05, 0) is 35.9 Å². The van der Waals surface area contributed by atoms with Gasteiger partial charge in [0.05, 0.1) is 4.92 Å². The van der Waals surface area contributed by atoms with Crippen LogP contribution in [0.3, 0.4) is 0 Å². The standard InChI is InChI=1S/C25H21N2O5P/c28-27(29)22-14-10-13-21(19-22)26-25(20-11-4-1-5-12-20)33(30,31-23-15-6-2-7-16-23)32-24-17-8-3-9-18-24/h1-19,25-26H/t25-/m0/s1. The predicted molar refractivity (Wildman–Crippen MR) is 128 cm³/mol. The number of benzene rings is 4. The van der Waals surface area contributed by atoms with Gasteiger partial charge in [-0.25, -0.2) is 4.57 Å². The van der Waals surface area contributed by atoms with Crippen molar-refractivity contribution in [1.29, 1.82) is 0 Å². The maximum Gasteiger partial charge on any atom is 0.457 e. The summed E-state index contributed by atoms with van der Waals surface area (Å²) < 4.78 is 26.5. The fourth-order valence-electron chi connectivity index (χ4n) is 3.23. The molecule has 166 valence electrons. The second-order valence-corrected chi connectivity index (χ2v) is 9.07. The van der Waals surface area contributed by atoms with E-state index in [-0.39, 0.29) is 5.69 Å². The van der Waals surface area contributed by atoms with Crippen molar-refractivity contribution in [2.45, 2.75) is 5.78 Å². The molecule has 33 heavy (non-hydrogen) atoms. The molecule has 0 aliphatic rings. The summed E-state index contributed by atoms with van der Waals surface area (Å²) >= 11 is 0. The topological polar surface area (TPSA) is 90.7 Å². The van der Waals surface area contributed by atoms with Crippen molar-refractivity contribution in [2.75, 3.05) is 5.32 Å². The fraction of sp³-hybridized carbons (Fsp3) is 0.0400. The number of hydrogen-bond acceptors (Lipinski definition) is 6. The third kappa shape index (κ3) is 5.59. The molecule has 0 saturated carbocycles. The van der Waals surface area contributed by atoms with E-state index in [0.29, 0.717) is 22.7 Å². The van der Waals surface area contributed by atoms with Gasteiger partial charge in [-0.3, -0.25) is 10.1 Å². The summed E-state index contributed by atoms with van der Waals surface area (Å²) in [5, 5.41) is 14.4. The summed E-state index contributed by atoms with van der Waals surface area (Å²) in [6.07, 6.45) is 0. The molecule has 0 radical (unpaired) electrons. The van der Waals surface area contributed by atoms with E-state index in [1.807, 2.05) is 30.3 Å². The summed E-state index contributed by atoms with van der Waals surface area (Å²) in [5.41, 5.74) is 0.959. The highest BCUT2D eigenvalue weighted by Crippen LogP contribution is 2.60. The Kier molecular flexibility index (Phi) is 6.72. The molecular weight excluding hydrogens is 439 g/mol. The van der Waals surface area contributed by atoms with Gasteiger partial charge in [-0.2, -0.15) is 0 Å². The van der Waals surface area contributed by atoms with Crippen molar-refractivity contribution in [3.63, 3.8) is 0 Å². The van der Waals surface area contributed by atoms with Crippen LogP contribution >= 0.6 is 7.60 Å². The average molecular weight is 460 g/mol. The predicted octanol–water partition coefficient (Wildman–Crippen LogP) is 7.06. The van der Waals surface area contributed by atoms with E-state index in [1.165, 1.54) is 12.1 Å². The number of nitrogens with zero attached hydrogens (tertiary/aromatic N) is 1. The second kappa shape index (κ2) is 10.0. The van der Waals surface area contributed by atoms with E-state index in [9.17, 15) is 14.7 Å². The van der Waals surface area contributed by atoms with Crippen LogP contribution in [-0.2, 0) is 4.57 Å². The molecule has 0 spiro atoms. The zero-order chi connectivity index (χ0) is 23.1. The van der Waals surface area contributed by atoms with Crippen LogP contribution in [0.2, 0.25) is 0 Å². The van der Waals surface area contributed by atoms with Gasteiger partial charge < -0.3 is 14.4 Å². The monoisotopic (exact) mass is 460 g/mol. The third-order valence-electron chi connectivity index (χ3n) is 4.74. The lowest BCUT2D eigenvalue weighted by molar-refractivity contribution is -0.384. The highest BCUT2D eigenvalue weighted by molar-refractivity contribution is 7.55. The third-order valence-corrected chi connectivity index (χ3v) is 6.73. The minimum Gasteiger partial charge on any atom is -0.414 e. The molecule has 4 rings (SSSR count). The molecule has 0 fully saturated rings. The van der Waals surface area contributed by atoms with Gasteiger partial charge in [0.2, 0.25) is 0 Å². The zero-order valence-corrected chi connectivity index (χ0v) is 18.4. The quantitative estimate of drug-likeness (QED) is 0.163. The molecule has 4 aromatic rings. The van der Waals surface area contributed by atoms with Crippen LogP contribution in [0.25, 0.3) is 0 Å². The number of non-ortho nitro benzene ring substituents is 1. The second-order valence-electron chi connectivity index (χ2n) is 7.11. The van der Waals surface area contributed by atoms with E-state index >= 15 is 0 Å². The molecule has 0 unspecified atom stereocenters. The van der Waals surface area contributed by atoms with Gasteiger partial charge in [-0.15, -0.1) is 0 Å². The minimum atomic E-state index is -3.98. The van der Waals surface area contributed by atoms with E-state index in [1.54, 1.807) is 72.8 Å². The van der Waals surface area contributed by atoms with E-state index < -0.39 is 18.3 Å². The molecule has 0 amide bonds. The van der Waals surface area contributed by atoms with Crippen molar-refractivity contribution in [3.8, 4) is 11.5 Å².